The van der Waals surface area contributed by atoms with Crippen LogP contribution in [0, 0.1) is 0 Å². The Kier molecular flexibility index (Phi) is 4.77. The van der Waals surface area contributed by atoms with E-state index in [0.717, 1.165) is 12.1 Å². The molecule has 0 aromatic heterocycles. The van der Waals surface area contributed by atoms with E-state index in [1.807, 2.05) is 19.0 Å². The Morgan fingerprint density at radius 2 is 1.91 bits per heavy atom. The molecule has 1 heterocycles. The van der Waals surface area contributed by atoms with Gasteiger partial charge in [-0.05, 0) is 44.8 Å². The van der Waals surface area contributed by atoms with E-state index in [4.69, 9.17) is 0 Å². The van der Waals surface area contributed by atoms with Crippen LogP contribution in [0.4, 0.5) is 13.2 Å². The van der Waals surface area contributed by atoms with Crippen LogP contribution < -0.4 is 0 Å². The molecule has 1 N–H and O–H groups in total. The molecule has 1 aromatic rings. The lowest BCUT2D eigenvalue weighted by atomic mass is 10.1. The Balaban J connectivity index is 2.17. The van der Waals surface area contributed by atoms with E-state index < -0.39 is 11.7 Å². The van der Waals surface area contributed by atoms with E-state index in [2.05, 4.69) is 0 Å². The summed E-state index contributed by atoms with van der Waals surface area (Å²) in [6, 6.07) is 4.00. The first-order valence-electron chi connectivity index (χ1n) is 6.99. The van der Waals surface area contributed by atoms with Gasteiger partial charge in [-0.2, -0.15) is 13.2 Å². The predicted octanol–water partition coefficient (Wildman–Crippen LogP) is 1.84. The molecule has 0 aliphatic carbocycles. The first-order chi connectivity index (χ1) is 10.2. The molecule has 0 spiro atoms. The summed E-state index contributed by atoms with van der Waals surface area (Å²) in [5.74, 6) is -0.350. The van der Waals surface area contributed by atoms with Crippen LogP contribution in [-0.2, 0) is 6.18 Å². The lowest BCUT2D eigenvalue weighted by Gasteiger charge is -2.23. The van der Waals surface area contributed by atoms with Crippen LogP contribution in [0.15, 0.2) is 24.3 Å². The first-order valence-corrected chi connectivity index (χ1v) is 6.99. The Labute approximate surface area is 127 Å². The molecule has 0 bridgehead atoms. The Morgan fingerprint density at radius 3 is 2.36 bits per heavy atom. The van der Waals surface area contributed by atoms with Gasteiger partial charge in [-0.25, -0.2) is 0 Å². The Morgan fingerprint density at radius 1 is 1.32 bits per heavy atom. The van der Waals surface area contributed by atoms with Crippen LogP contribution in [0.3, 0.4) is 0 Å². The van der Waals surface area contributed by atoms with Crippen molar-refractivity contribution in [1.82, 2.24) is 9.80 Å². The lowest BCUT2D eigenvalue weighted by Crippen LogP contribution is -2.38. The van der Waals surface area contributed by atoms with Crippen LogP contribution in [0.2, 0.25) is 0 Å². The molecular formula is C15H19F3N2O2. The quantitative estimate of drug-likeness (QED) is 0.925. The molecule has 1 saturated heterocycles. The molecule has 1 amide bonds. The van der Waals surface area contributed by atoms with E-state index in [-0.39, 0.29) is 30.2 Å². The number of aliphatic hydroxyl groups excluding tert-OH is 1. The summed E-state index contributed by atoms with van der Waals surface area (Å²) in [5.41, 5.74) is -0.582. The van der Waals surface area contributed by atoms with Crippen molar-refractivity contribution in [3.63, 3.8) is 0 Å². The van der Waals surface area contributed by atoms with Crippen molar-refractivity contribution in [1.29, 1.82) is 0 Å². The molecule has 4 nitrogen and oxygen atoms in total. The molecule has 2 rings (SSSR count). The maximum absolute atomic E-state index is 12.5. The van der Waals surface area contributed by atoms with Crippen molar-refractivity contribution in [3.05, 3.63) is 35.4 Å². The Bertz CT molecular complexity index is 529. The molecule has 7 heteroatoms. The zero-order valence-corrected chi connectivity index (χ0v) is 12.5. The van der Waals surface area contributed by atoms with E-state index >= 15 is 0 Å². The molecule has 122 valence electrons. The molecule has 0 saturated carbocycles. The molecule has 1 aromatic carbocycles. The fraction of sp³-hybridized carbons (Fsp3) is 0.533. The highest BCUT2D eigenvalue weighted by molar-refractivity contribution is 5.94. The third kappa shape index (κ3) is 3.41. The number of alkyl halides is 3. The van der Waals surface area contributed by atoms with E-state index in [1.165, 1.54) is 17.0 Å². The molecule has 22 heavy (non-hydrogen) atoms. The number of hydrogen-bond acceptors (Lipinski definition) is 3. The van der Waals surface area contributed by atoms with Crippen molar-refractivity contribution >= 4 is 5.91 Å². The van der Waals surface area contributed by atoms with Crippen LogP contribution in [0.1, 0.15) is 22.3 Å². The highest BCUT2D eigenvalue weighted by Crippen LogP contribution is 2.30. The number of carbonyl (C=O) groups excluding carboxylic acids is 1. The van der Waals surface area contributed by atoms with Gasteiger partial charge >= 0.3 is 6.18 Å². The van der Waals surface area contributed by atoms with Crippen molar-refractivity contribution in [3.8, 4) is 0 Å². The fourth-order valence-electron chi connectivity index (χ4n) is 2.66. The van der Waals surface area contributed by atoms with Crippen LogP contribution in [-0.4, -0.2) is 60.1 Å². The van der Waals surface area contributed by atoms with Crippen molar-refractivity contribution in [2.45, 2.75) is 24.7 Å². The first kappa shape index (κ1) is 16.8. The van der Waals surface area contributed by atoms with Crippen LogP contribution in [0.5, 0.6) is 0 Å². The number of halogens is 3. The van der Waals surface area contributed by atoms with Crippen molar-refractivity contribution in [2.75, 3.05) is 27.2 Å². The molecule has 2 atom stereocenters. The van der Waals surface area contributed by atoms with Gasteiger partial charge in [0.05, 0.1) is 18.2 Å². The monoisotopic (exact) mass is 316 g/mol. The number of likely N-dealkylation sites (tertiary alicyclic amines) is 1. The zero-order chi connectivity index (χ0) is 16.5. The fourth-order valence-corrected chi connectivity index (χ4v) is 2.66. The molecule has 1 fully saturated rings. The minimum Gasteiger partial charge on any atom is -0.394 e. The van der Waals surface area contributed by atoms with Gasteiger partial charge in [0.25, 0.3) is 5.91 Å². The minimum atomic E-state index is -4.42. The van der Waals surface area contributed by atoms with E-state index in [9.17, 15) is 23.1 Å². The normalized spacial score (nSPS) is 22.4. The third-order valence-electron chi connectivity index (χ3n) is 4.05. The highest BCUT2D eigenvalue weighted by atomic mass is 19.4. The van der Waals surface area contributed by atoms with Gasteiger partial charge in [0.1, 0.15) is 0 Å². The number of amides is 1. The van der Waals surface area contributed by atoms with Crippen LogP contribution >= 0.6 is 0 Å². The van der Waals surface area contributed by atoms with Gasteiger partial charge < -0.3 is 14.9 Å². The van der Waals surface area contributed by atoms with Gasteiger partial charge in [0.15, 0.2) is 0 Å². The maximum Gasteiger partial charge on any atom is 0.416 e. The topological polar surface area (TPSA) is 43.8 Å². The van der Waals surface area contributed by atoms with Crippen LogP contribution in [0.25, 0.3) is 0 Å². The Hall–Kier alpha value is -1.60. The molecule has 0 unspecified atom stereocenters. The highest BCUT2D eigenvalue weighted by Gasteiger charge is 2.36. The average molecular weight is 316 g/mol. The lowest BCUT2D eigenvalue weighted by molar-refractivity contribution is -0.137. The second kappa shape index (κ2) is 6.26. The maximum atomic E-state index is 12.5. The summed E-state index contributed by atoms with van der Waals surface area (Å²) in [6.45, 7) is 0.300. The SMILES string of the molecule is CN(C)[C@@H]1C[C@@H](CO)N(C(=O)c2ccc(C(F)(F)F)cc2)C1. The second-order valence-corrected chi connectivity index (χ2v) is 5.72. The van der Waals surface area contributed by atoms with Crippen molar-refractivity contribution in [2.24, 2.45) is 0 Å². The molecule has 0 radical (unpaired) electrons. The summed E-state index contributed by atoms with van der Waals surface area (Å²) >= 11 is 0. The standard InChI is InChI=1S/C15H19F3N2O2/c1-19(2)12-7-13(9-21)20(8-12)14(22)10-3-5-11(6-4-10)15(16,17)18/h3-6,12-13,21H,7-9H2,1-2H3/t12-,13+/m1/s1. The molecular weight excluding hydrogens is 297 g/mol. The third-order valence-corrected chi connectivity index (χ3v) is 4.05. The summed E-state index contributed by atoms with van der Waals surface area (Å²) in [6.07, 6.45) is -3.77. The number of rotatable bonds is 3. The average Bonchev–Trinajstić information content (AvgIpc) is 2.90. The van der Waals surface area contributed by atoms with Crippen molar-refractivity contribution < 1.29 is 23.1 Å². The second-order valence-electron chi connectivity index (χ2n) is 5.72. The van der Waals surface area contributed by atoms with Gasteiger partial charge in [-0.1, -0.05) is 0 Å². The molecule has 1 aliphatic rings. The number of nitrogens with zero attached hydrogens (tertiary/aromatic N) is 2. The van der Waals surface area contributed by atoms with Gasteiger partial charge in [0, 0.05) is 18.2 Å². The summed E-state index contributed by atoms with van der Waals surface area (Å²) in [4.78, 5) is 16.0. The van der Waals surface area contributed by atoms with E-state index in [0.29, 0.717) is 13.0 Å². The number of benzene rings is 1. The summed E-state index contributed by atoms with van der Waals surface area (Å²) in [5, 5.41) is 9.42. The van der Waals surface area contributed by atoms with Gasteiger partial charge in [-0.15, -0.1) is 0 Å². The van der Waals surface area contributed by atoms with Gasteiger partial charge in [0.2, 0.25) is 0 Å². The molecule has 1 aliphatic heterocycles. The smallest absolute Gasteiger partial charge is 0.394 e. The van der Waals surface area contributed by atoms with Gasteiger partial charge in [-0.3, -0.25) is 4.79 Å². The summed E-state index contributed by atoms with van der Waals surface area (Å²) in [7, 11) is 3.79. The number of aliphatic hydroxyl groups is 1. The largest absolute Gasteiger partial charge is 0.416 e. The van der Waals surface area contributed by atoms with E-state index in [1.54, 1.807) is 0 Å². The number of hydrogen-bond donors (Lipinski definition) is 1. The predicted molar refractivity (Wildman–Crippen MR) is 75.4 cm³/mol. The number of carbonyl (C=O) groups is 1. The number of likely N-dealkylation sites (N-methyl/N-ethyl adjacent to an activating group) is 1. The summed E-state index contributed by atoms with van der Waals surface area (Å²) < 4.78 is 37.6. The minimum absolute atomic E-state index is 0.135. The zero-order valence-electron chi connectivity index (χ0n) is 12.5.